The fourth-order valence-corrected chi connectivity index (χ4v) is 3.95. The van der Waals surface area contributed by atoms with E-state index in [1.54, 1.807) is 13.8 Å². The number of amides is 1. The highest BCUT2D eigenvalue weighted by molar-refractivity contribution is 5.85. The molecule has 154 valence electrons. The largest absolute Gasteiger partial charge is 0.480 e. The molecule has 3 rings (SSSR count). The lowest BCUT2D eigenvalue weighted by Crippen LogP contribution is -2.47. The van der Waals surface area contributed by atoms with Crippen molar-refractivity contribution < 1.29 is 14.7 Å². The standard InChI is InChI=1S/C26H27NO3/c1-19(2)24(25(29)30)27-23(28)18-26(20-12-6-3-7-13-20,21-14-8-4-9-15-21)22-16-10-5-11-17-22/h3-17,19,24H,18H2,1-2H3,(H,27,28)(H,29,30)/t24-/m0/s1. The van der Waals surface area contributed by atoms with Crippen LogP contribution in [0.25, 0.3) is 0 Å². The SMILES string of the molecule is CC(C)[C@H](NC(=O)CC(c1ccccc1)(c1ccccc1)c1ccccc1)C(=O)O. The Morgan fingerprint density at radius 3 is 1.43 bits per heavy atom. The third-order valence-corrected chi connectivity index (χ3v) is 5.47. The summed E-state index contributed by atoms with van der Waals surface area (Å²) in [5, 5.41) is 12.3. The van der Waals surface area contributed by atoms with Crippen molar-refractivity contribution in [3.05, 3.63) is 108 Å². The van der Waals surface area contributed by atoms with E-state index in [9.17, 15) is 14.7 Å². The van der Waals surface area contributed by atoms with Crippen molar-refractivity contribution in [1.82, 2.24) is 5.32 Å². The van der Waals surface area contributed by atoms with Crippen molar-refractivity contribution in [1.29, 1.82) is 0 Å². The molecule has 4 heteroatoms. The summed E-state index contributed by atoms with van der Waals surface area (Å²) in [4.78, 5) is 24.9. The molecule has 0 aliphatic rings. The van der Waals surface area contributed by atoms with Gasteiger partial charge in [0, 0.05) is 6.42 Å². The molecule has 0 fully saturated rings. The summed E-state index contributed by atoms with van der Waals surface area (Å²) in [7, 11) is 0. The van der Waals surface area contributed by atoms with Crippen molar-refractivity contribution in [2.24, 2.45) is 5.92 Å². The zero-order chi connectivity index (χ0) is 21.6. The second-order valence-electron chi connectivity index (χ2n) is 7.81. The van der Waals surface area contributed by atoms with Gasteiger partial charge >= 0.3 is 5.97 Å². The number of aliphatic carboxylic acids is 1. The molecule has 0 unspecified atom stereocenters. The van der Waals surface area contributed by atoms with Gasteiger partial charge in [0.15, 0.2) is 0 Å². The monoisotopic (exact) mass is 401 g/mol. The predicted octanol–water partition coefficient (Wildman–Crippen LogP) is 4.64. The van der Waals surface area contributed by atoms with Crippen molar-refractivity contribution in [3.8, 4) is 0 Å². The molecule has 0 heterocycles. The summed E-state index contributed by atoms with van der Waals surface area (Å²) in [6, 6.07) is 28.8. The van der Waals surface area contributed by atoms with Crippen molar-refractivity contribution in [2.75, 3.05) is 0 Å². The van der Waals surface area contributed by atoms with Crippen LogP contribution >= 0.6 is 0 Å². The van der Waals surface area contributed by atoms with E-state index in [-0.39, 0.29) is 18.2 Å². The van der Waals surface area contributed by atoms with Crippen LogP contribution in [0.4, 0.5) is 0 Å². The Kier molecular flexibility index (Phi) is 6.68. The highest BCUT2D eigenvalue weighted by Crippen LogP contribution is 2.42. The molecule has 0 aliphatic carbocycles. The van der Waals surface area contributed by atoms with Gasteiger partial charge in [-0.05, 0) is 22.6 Å². The Balaban J connectivity index is 2.14. The summed E-state index contributed by atoms with van der Waals surface area (Å²) in [5.41, 5.74) is 2.20. The molecule has 0 spiro atoms. The summed E-state index contributed by atoms with van der Waals surface area (Å²) in [6.07, 6.45) is 0.0987. The van der Waals surface area contributed by atoms with Crippen molar-refractivity contribution in [3.63, 3.8) is 0 Å². The molecule has 1 atom stereocenters. The van der Waals surface area contributed by atoms with Gasteiger partial charge in [-0.2, -0.15) is 0 Å². The number of carbonyl (C=O) groups is 2. The van der Waals surface area contributed by atoms with Gasteiger partial charge in [0.2, 0.25) is 5.91 Å². The molecule has 2 N–H and O–H groups in total. The first kappa shape index (κ1) is 21.3. The Hall–Kier alpha value is -3.40. The first-order valence-corrected chi connectivity index (χ1v) is 10.1. The maximum absolute atomic E-state index is 13.2. The molecule has 0 radical (unpaired) electrons. The number of carboxylic acid groups (broad SMARTS) is 1. The fourth-order valence-electron chi connectivity index (χ4n) is 3.95. The third kappa shape index (κ3) is 4.43. The van der Waals surface area contributed by atoms with E-state index in [0.29, 0.717) is 0 Å². The Morgan fingerprint density at radius 1 is 0.767 bits per heavy atom. The zero-order valence-electron chi connectivity index (χ0n) is 17.3. The molecule has 3 aromatic carbocycles. The number of nitrogens with one attached hydrogen (secondary N) is 1. The second kappa shape index (κ2) is 9.40. The van der Waals surface area contributed by atoms with Crippen LogP contribution in [0.15, 0.2) is 91.0 Å². The average Bonchev–Trinajstić information content (AvgIpc) is 2.77. The first-order valence-electron chi connectivity index (χ1n) is 10.1. The van der Waals surface area contributed by atoms with Gasteiger partial charge in [0.25, 0.3) is 0 Å². The van der Waals surface area contributed by atoms with Gasteiger partial charge in [-0.3, -0.25) is 4.79 Å². The summed E-state index contributed by atoms with van der Waals surface area (Å²) in [6.45, 7) is 3.58. The summed E-state index contributed by atoms with van der Waals surface area (Å²) in [5.74, 6) is -1.54. The Morgan fingerprint density at radius 2 is 1.13 bits per heavy atom. The quantitative estimate of drug-likeness (QED) is 0.541. The molecule has 0 aromatic heterocycles. The number of rotatable bonds is 8. The molecule has 3 aromatic rings. The van der Waals surface area contributed by atoms with Crippen LogP contribution in [0.3, 0.4) is 0 Å². The lowest BCUT2D eigenvalue weighted by atomic mass is 9.67. The molecule has 4 nitrogen and oxygen atoms in total. The lowest BCUT2D eigenvalue weighted by Gasteiger charge is -2.36. The van der Waals surface area contributed by atoms with E-state index in [0.717, 1.165) is 16.7 Å². The van der Waals surface area contributed by atoms with Gasteiger partial charge in [-0.1, -0.05) is 105 Å². The minimum absolute atomic E-state index is 0.0987. The minimum Gasteiger partial charge on any atom is -0.480 e. The van der Waals surface area contributed by atoms with Gasteiger partial charge in [0.05, 0.1) is 5.41 Å². The van der Waals surface area contributed by atoms with Gasteiger partial charge in [-0.15, -0.1) is 0 Å². The van der Waals surface area contributed by atoms with Gasteiger partial charge < -0.3 is 10.4 Å². The molecular weight excluding hydrogens is 374 g/mol. The lowest BCUT2D eigenvalue weighted by molar-refractivity contribution is -0.143. The average molecular weight is 402 g/mol. The Labute approximate surface area is 177 Å². The third-order valence-electron chi connectivity index (χ3n) is 5.47. The van der Waals surface area contributed by atoms with Crippen LogP contribution < -0.4 is 5.32 Å². The van der Waals surface area contributed by atoms with E-state index >= 15 is 0 Å². The normalized spacial score (nSPS) is 12.4. The van der Waals surface area contributed by atoms with Crippen LogP contribution in [0.5, 0.6) is 0 Å². The highest BCUT2D eigenvalue weighted by atomic mass is 16.4. The van der Waals surface area contributed by atoms with Gasteiger partial charge in [0.1, 0.15) is 6.04 Å². The van der Waals surface area contributed by atoms with Gasteiger partial charge in [-0.25, -0.2) is 4.79 Å². The predicted molar refractivity (Wildman–Crippen MR) is 118 cm³/mol. The molecule has 1 amide bonds. The van der Waals surface area contributed by atoms with E-state index in [1.807, 2.05) is 91.0 Å². The van der Waals surface area contributed by atoms with Crippen LogP contribution in [-0.2, 0) is 15.0 Å². The number of hydrogen-bond acceptors (Lipinski definition) is 2. The molecule has 0 saturated carbocycles. The number of hydrogen-bond donors (Lipinski definition) is 2. The van der Waals surface area contributed by atoms with Crippen LogP contribution in [0.2, 0.25) is 0 Å². The minimum atomic E-state index is -1.02. The summed E-state index contributed by atoms with van der Waals surface area (Å²) >= 11 is 0. The zero-order valence-corrected chi connectivity index (χ0v) is 17.3. The number of carboxylic acids is 1. The van der Waals surface area contributed by atoms with Crippen molar-refractivity contribution >= 4 is 11.9 Å². The summed E-state index contributed by atoms with van der Waals surface area (Å²) < 4.78 is 0. The van der Waals surface area contributed by atoms with E-state index in [1.165, 1.54) is 0 Å². The van der Waals surface area contributed by atoms with Crippen molar-refractivity contribution in [2.45, 2.75) is 31.7 Å². The van der Waals surface area contributed by atoms with Crippen LogP contribution in [-0.4, -0.2) is 23.0 Å². The molecule has 0 saturated heterocycles. The van der Waals surface area contributed by atoms with E-state index in [2.05, 4.69) is 5.32 Å². The topological polar surface area (TPSA) is 66.4 Å². The maximum Gasteiger partial charge on any atom is 0.326 e. The molecule has 0 aliphatic heterocycles. The first-order chi connectivity index (χ1) is 14.4. The van der Waals surface area contributed by atoms with Crippen LogP contribution in [0.1, 0.15) is 37.0 Å². The smallest absolute Gasteiger partial charge is 0.326 e. The molecular formula is C26H27NO3. The second-order valence-corrected chi connectivity index (χ2v) is 7.81. The number of carbonyl (C=O) groups excluding carboxylic acids is 1. The molecule has 30 heavy (non-hydrogen) atoms. The van der Waals surface area contributed by atoms with Crippen LogP contribution in [0, 0.1) is 5.92 Å². The highest BCUT2D eigenvalue weighted by Gasteiger charge is 2.39. The molecule has 0 bridgehead atoms. The number of benzene rings is 3. The Bertz CT molecular complexity index is 872. The van der Waals surface area contributed by atoms with E-state index in [4.69, 9.17) is 0 Å². The maximum atomic E-state index is 13.2. The fraction of sp³-hybridized carbons (Fsp3) is 0.231. The van der Waals surface area contributed by atoms with E-state index < -0.39 is 17.4 Å².